The maximum Gasteiger partial charge on any atom is 0.312 e. The maximum absolute atomic E-state index is 11.8. The molecule has 5 heteroatoms. The SMILES string of the molecule is CCOC(=O)C(CO)CNCc1ccc2cc(OC3CCC(C(C)(C)C)CC3)ccc2c1. The van der Waals surface area contributed by atoms with Crippen molar-refractivity contribution in [3.8, 4) is 5.75 Å². The van der Waals surface area contributed by atoms with Crippen molar-refractivity contribution in [1.29, 1.82) is 0 Å². The quantitative estimate of drug-likeness (QED) is 0.531. The van der Waals surface area contributed by atoms with E-state index < -0.39 is 5.92 Å². The molecule has 0 heterocycles. The predicted molar refractivity (Wildman–Crippen MR) is 129 cm³/mol. The number of benzene rings is 2. The number of carbonyl (C=O) groups is 1. The largest absolute Gasteiger partial charge is 0.490 e. The van der Waals surface area contributed by atoms with Crippen molar-refractivity contribution in [2.24, 2.45) is 17.3 Å². The Morgan fingerprint density at radius 3 is 2.44 bits per heavy atom. The van der Waals surface area contributed by atoms with Gasteiger partial charge in [-0.1, -0.05) is 39.0 Å². The van der Waals surface area contributed by atoms with Crippen molar-refractivity contribution < 1.29 is 19.4 Å². The first kappa shape index (κ1) is 24.5. The summed E-state index contributed by atoms with van der Waals surface area (Å²) >= 11 is 0. The lowest BCUT2D eigenvalue weighted by molar-refractivity contribution is -0.149. The van der Waals surface area contributed by atoms with Gasteiger partial charge in [-0.3, -0.25) is 4.79 Å². The number of esters is 1. The van der Waals surface area contributed by atoms with E-state index in [0.29, 0.717) is 31.2 Å². The van der Waals surface area contributed by atoms with Gasteiger partial charge in [0.1, 0.15) is 5.75 Å². The smallest absolute Gasteiger partial charge is 0.312 e. The highest BCUT2D eigenvalue weighted by atomic mass is 16.5. The molecule has 0 radical (unpaired) electrons. The summed E-state index contributed by atoms with van der Waals surface area (Å²) in [5.74, 6) is 0.841. The van der Waals surface area contributed by atoms with Crippen LogP contribution in [0.1, 0.15) is 58.9 Å². The minimum Gasteiger partial charge on any atom is -0.490 e. The Balaban J connectivity index is 1.53. The van der Waals surface area contributed by atoms with Gasteiger partial charge in [-0.2, -0.15) is 0 Å². The summed E-state index contributed by atoms with van der Waals surface area (Å²) in [6, 6.07) is 12.7. The molecule has 0 amide bonds. The van der Waals surface area contributed by atoms with Crippen molar-refractivity contribution in [2.75, 3.05) is 19.8 Å². The van der Waals surface area contributed by atoms with E-state index in [9.17, 15) is 9.90 Å². The first-order valence-corrected chi connectivity index (χ1v) is 12.0. The van der Waals surface area contributed by atoms with E-state index in [1.54, 1.807) is 6.92 Å². The third-order valence-corrected chi connectivity index (χ3v) is 6.64. The van der Waals surface area contributed by atoms with Gasteiger partial charge in [0.25, 0.3) is 0 Å². The maximum atomic E-state index is 11.8. The summed E-state index contributed by atoms with van der Waals surface area (Å²) in [6.45, 7) is 9.92. The van der Waals surface area contributed by atoms with Gasteiger partial charge in [0.15, 0.2) is 0 Å². The molecule has 1 aliphatic rings. The van der Waals surface area contributed by atoms with Gasteiger partial charge >= 0.3 is 5.97 Å². The van der Waals surface area contributed by atoms with Crippen LogP contribution in [0, 0.1) is 17.3 Å². The van der Waals surface area contributed by atoms with E-state index >= 15 is 0 Å². The molecule has 1 atom stereocenters. The molecule has 0 spiro atoms. The van der Waals surface area contributed by atoms with Crippen molar-refractivity contribution >= 4 is 16.7 Å². The number of rotatable bonds is 9. The Labute approximate surface area is 192 Å². The highest BCUT2D eigenvalue weighted by molar-refractivity contribution is 5.84. The summed E-state index contributed by atoms with van der Waals surface area (Å²) in [7, 11) is 0. The Hall–Kier alpha value is -2.11. The van der Waals surface area contributed by atoms with Crippen molar-refractivity contribution in [3.05, 3.63) is 42.0 Å². The molecule has 176 valence electrons. The Morgan fingerprint density at radius 2 is 1.78 bits per heavy atom. The van der Waals surface area contributed by atoms with Crippen LogP contribution in [0.4, 0.5) is 0 Å². The molecule has 32 heavy (non-hydrogen) atoms. The monoisotopic (exact) mass is 441 g/mol. The van der Waals surface area contributed by atoms with Crippen molar-refractivity contribution in [3.63, 3.8) is 0 Å². The standard InChI is InChI=1S/C27H39NO4/c1-5-31-26(30)22(18-29)17-28-16-19-6-7-21-15-25(11-8-20(21)14-19)32-24-12-9-23(10-13-24)27(2,3)4/h6-8,11,14-15,22-24,28-29H,5,9-10,12-13,16-18H2,1-4H3. The molecule has 1 unspecified atom stereocenters. The van der Waals surface area contributed by atoms with Crippen LogP contribution in [0.3, 0.4) is 0 Å². The highest BCUT2D eigenvalue weighted by Crippen LogP contribution is 2.39. The molecular weight excluding hydrogens is 402 g/mol. The number of nitrogens with one attached hydrogen (secondary N) is 1. The van der Waals surface area contributed by atoms with Gasteiger partial charge in [0, 0.05) is 13.1 Å². The molecule has 0 aliphatic heterocycles. The van der Waals surface area contributed by atoms with Gasteiger partial charge in [0.05, 0.1) is 25.2 Å². The lowest BCUT2D eigenvalue weighted by atomic mass is 9.72. The topological polar surface area (TPSA) is 67.8 Å². The minimum atomic E-state index is -0.534. The van der Waals surface area contributed by atoms with Crippen LogP contribution in [-0.4, -0.2) is 36.9 Å². The number of fused-ring (bicyclic) bond motifs is 1. The molecule has 1 saturated carbocycles. The molecule has 1 aliphatic carbocycles. The first-order chi connectivity index (χ1) is 15.3. The molecule has 0 saturated heterocycles. The zero-order valence-electron chi connectivity index (χ0n) is 20.0. The zero-order valence-corrected chi connectivity index (χ0v) is 20.0. The molecule has 3 rings (SSSR count). The average molecular weight is 442 g/mol. The fraction of sp³-hybridized carbons (Fsp3) is 0.593. The Kier molecular flexibility index (Phi) is 8.55. The van der Waals surface area contributed by atoms with Crippen LogP contribution >= 0.6 is 0 Å². The summed E-state index contributed by atoms with van der Waals surface area (Å²) in [4.78, 5) is 11.8. The van der Waals surface area contributed by atoms with Crippen molar-refractivity contribution in [2.45, 2.75) is 66.0 Å². The van der Waals surface area contributed by atoms with E-state index in [0.717, 1.165) is 40.8 Å². The third-order valence-electron chi connectivity index (χ3n) is 6.64. The second-order valence-corrected chi connectivity index (χ2v) is 10.1. The van der Waals surface area contributed by atoms with Gasteiger partial charge in [-0.15, -0.1) is 0 Å². The summed E-state index contributed by atoms with van der Waals surface area (Å²) < 4.78 is 11.3. The summed E-state index contributed by atoms with van der Waals surface area (Å²) in [5, 5.41) is 15.0. The molecule has 0 aromatic heterocycles. The van der Waals surface area contributed by atoms with Gasteiger partial charge in [-0.05, 0) is 78.5 Å². The molecule has 2 aromatic carbocycles. The number of hydrogen-bond donors (Lipinski definition) is 2. The van der Waals surface area contributed by atoms with Crippen LogP contribution in [0.5, 0.6) is 5.75 Å². The Morgan fingerprint density at radius 1 is 1.09 bits per heavy atom. The molecule has 2 N–H and O–H groups in total. The first-order valence-electron chi connectivity index (χ1n) is 12.0. The lowest BCUT2D eigenvalue weighted by Gasteiger charge is -2.37. The van der Waals surface area contributed by atoms with E-state index in [2.05, 4.69) is 62.5 Å². The number of ether oxygens (including phenoxy) is 2. The van der Waals surface area contributed by atoms with Crippen LogP contribution < -0.4 is 10.1 Å². The van der Waals surface area contributed by atoms with Gasteiger partial charge in [-0.25, -0.2) is 0 Å². The molecular formula is C27H39NO4. The second kappa shape index (κ2) is 11.2. The average Bonchev–Trinajstić information content (AvgIpc) is 2.76. The fourth-order valence-electron chi connectivity index (χ4n) is 4.57. The number of aliphatic hydroxyl groups is 1. The van der Waals surface area contributed by atoms with E-state index in [1.807, 2.05) is 0 Å². The summed E-state index contributed by atoms with van der Waals surface area (Å²) in [5.41, 5.74) is 1.52. The number of aliphatic hydroxyl groups excluding tert-OH is 1. The van der Waals surface area contributed by atoms with Gasteiger partial charge < -0.3 is 19.9 Å². The van der Waals surface area contributed by atoms with E-state index in [-0.39, 0.29) is 12.6 Å². The highest BCUT2D eigenvalue weighted by Gasteiger charge is 2.30. The molecule has 0 bridgehead atoms. The van der Waals surface area contributed by atoms with E-state index in [4.69, 9.17) is 9.47 Å². The Bertz CT molecular complexity index is 881. The second-order valence-electron chi connectivity index (χ2n) is 10.1. The van der Waals surface area contributed by atoms with Gasteiger partial charge in [0.2, 0.25) is 0 Å². The minimum absolute atomic E-state index is 0.218. The predicted octanol–water partition coefficient (Wildman–Crippen LogP) is 5.08. The molecule has 1 fully saturated rings. The number of carbonyl (C=O) groups excluding carboxylic acids is 1. The van der Waals surface area contributed by atoms with Crippen LogP contribution in [0.15, 0.2) is 36.4 Å². The summed E-state index contributed by atoms with van der Waals surface area (Å²) in [6.07, 6.45) is 5.06. The van der Waals surface area contributed by atoms with Crippen LogP contribution in [-0.2, 0) is 16.1 Å². The molecule has 2 aromatic rings. The normalized spacial score (nSPS) is 20.2. The number of hydrogen-bond acceptors (Lipinski definition) is 5. The van der Waals surface area contributed by atoms with E-state index in [1.165, 1.54) is 12.8 Å². The third kappa shape index (κ3) is 6.69. The van der Waals surface area contributed by atoms with Crippen LogP contribution in [0.2, 0.25) is 0 Å². The van der Waals surface area contributed by atoms with Crippen LogP contribution in [0.25, 0.3) is 10.8 Å². The fourth-order valence-corrected chi connectivity index (χ4v) is 4.57. The van der Waals surface area contributed by atoms with Crippen molar-refractivity contribution in [1.82, 2.24) is 5.32 Å². The lowest BCUT2D eigenvalue weighted by Crippen LogP contribution is -2.32. The zero-order chi connectivity index (χ0) is 23.1. The molecule has 5 nitrogen and oxygen atoms in total.